The zero-order valence-electron chi connectivity index (χ0n) is 13.9. The molecule has 0 aliphatic heterocycles. The van der Waals surface area contributed by atoms with Crippen molar-refractivity contribution in [2.45, 2.75) is 27.3 Å². The second-order valence-electron chi connectivity index (χ2n) is 5.51. The Hall–Kier alpha value is -2.89. The Morgan fingerprint density at radius 3 is 2.58 bits per heavy atom. The molecule has 0 amide bonds. The van der Waals surface area contributed by atoms with Crippen molar-refractivity contribution >= 4 is 5.78 Å². The van der Waals surface area contributed by atoms with E-state index >= 15 is 0 Å². The molecule has 0 fully saturated rings. The van der Waals surface area contributed by atoms with Gasteiger partial charge in [-0.25, -0.2) is 0 Å². The molecule has 0 saturated carbocycles. The number of carbonyl (C=O) groups is 1. The minimum atomic E-state index is -0.0243. The number of ether oxygens (including phenoxy) is 1. The molecule has 0 N–H and O–H groups in total. The van der Waals surface area contributed by atoms with Crippen LogP contribution in [0.1, 0.15) is 28.7 Å². The van der Waals surface area contributed by atoms with Crippen LogP contribution in [0.3, 0.4) is 0 Å². The Morgan fingerprint density at radius 1 is 1.25 bits per heavy atom. The largest absolute Gasteiger partial charge is 0.485 e. The third-order valence-electron chi connectivity index (χ3n) is 4.02. The molecule has 0 atom stereocenters. The molecule has 0 unspecified atom stereocenters. The molecule has 3 aromatic rings. The summed E-state index contributed by atoms with van der Waals surface area (Å²) in [7, 11) is 0. The molecule has 24 heavy (non-hydrogen) atoms. The van der Waals surface area contributed by atoms with Crippen LogP contribution in [0.5, 0.6) is 5.75 Å². The summed E-state index contributed by atoms with van der Waals surface area (Å²) >= 11 is 0. The van der Waals surface area contributed by atoms with Crippen LogP contribution in [0.15, 0.2) is 41.1 Å². The summed E-state index contributed by atoms with van der Waals surface area (Å²) < 4.78 is 12.9. The number of aryl methyl sites for hydroxylation is 1. The van der Waals surface area contributed by atoms with Crippen LogP contribution >= 0.6 is 0 Å². The summed E-state index contributed by atoms with van der Waals surface area (Å²) in [6, 6.07) is 9.11. The molecule has 124 valence electrons. The maximum Gasteiger partial charge on any atom is 0.247 e. The highest BCUT2D eigenvalue weighted by Gasteiger charge is 2.15. The molecule has 1 aromatic carbocycles. The van der Waals surface area contributed by atoms with E-state index in [2.05, 4.69) is 21.7 Å². The van der Waals surface area contributed by atoms with Crippen molar-refractivity contribution in [1.29, 1.82) is 0 Å². The van der Waals surface area contributed by atoms with Gasteiger partial charge in [0.1, 0.15) is 5.75 Å². The number of hydrogen-bond acceptors (Lipinski definition) is 5. The number of benzene rings is 1. The maximum absolute atomic E-state index is 12.4. The van der Waals surface area contributed by atoms with Crippen molar-refractivity contribution in [3.05, 3.63) is 53.7 Å². The third kappa shape index (κ3) is 3.08. The zero-order valence-corrected chi connectivity index (χ0v) is 13.9. The fourth-order valence-corrected chi connectivity index (χ4v) is 2.79. The van der Waals surface area contributed by atoms with E-state index in [1.54, 1.807) is 12.1 Å². The van der Waals surface area contributed by atoms with Crippen molar-refractivity contribution in [3.63, 3.8) is 0 Å². The first kappa shape index (κ1) is 16.0. The second-order valence-corrected chi connectivity index (χ2v) is 5.51. The Labute approximate surface area is 140 Å². The van der Waals surface area contributed by atoms with Crippen LogP contribution in [0.2, 0.25) is 0 Å². The SMILES string of the molecule is CCn1c(C)cc(C(=O)COc2ccc(-c3nnco3)cc2)c1C. The Balaban J connectivity index is 1.66. The number of ketones is 1. The number of aromatic nitrogens is 3. The van der Waals surface area contributed by atoms with Crippen LogP contribution in [-0.2, 0) is 6.54 Å². The standard InChI is InChI=1S/C18H19N3O3/c1-4-21-12(2)9-16(13(21)3)17(22)10-23-15-7-5-14(6-8-15)18-20-19-11-24-18/h5-9,11H,4,10H2,1-3H3. The summed E-state index contributed by atoms with van der Waals surface area (Å²) in [5.41, 5.74) is 3.59. The number of rotatable bonds is 6. The lowest BCUT2D eigenvalue weighted by Gasteiger charge is -2.07. The molecule has 0 spiro atoms. The van der Waals surface area contributed by atoms with Gasteiger partial charge in [-0.05, 0) is 51.1 Å². The molecule has 3 rings (SSSR count). The van der Waals surface area contributed by atoms with Gasteiger partial charge in [0.2, 0.25) is 18.1 Å². The molecular weight excluding hydrogens is 306 g/mol. The first-order valence-electron chi connectivity index (χ1n) is 7.79. The van der Waals surface area contributed by atoms with E-state index < -0.39 is 0 Å². The lowest BCUT2D eigenvalue weighted by Crippen LogP contribution is -2.12. The van der Waals surface area contributed by atoms with Gasteiger partial charge in [-0.15, -0.1) is 10.2 Å². The van der Waals surface area contributed by atoms with Gasteiger partial charge in [0.05, 0.1) is 0 Å². The molecule has 6 nitrogen and oxygen atoms in total. The van der Waals surface area contributed by atoms with Crippen LogP contribution in [-0.4, -0.2) is 27.2 Å². The smallest absolute Gasteiger partial charge is 0.247 e. The molecule has 0 aliphatic rings. The first-order chi connectivity index (χ1) is 11.6. The van der Waals surface area contributed by atoms with Gasteiger partial charge in [0, 0.05) is 29.1 Å². The predicted molar refractivity (Wildman–Crippen MR) is 89.1 cm³/mol. The highest BCUT2D eigenvalue weighted by atomic mass is 16.5. The van der Waals surface area contributed by atoms with E-state index in [-0.39, 0.29) is 12.4 Å². The minimum Gasteiger partial charge on any atom is -0.485 e. The van der Waals surface area contributed by atoms with E-state index in [1.165, 1.54) is 6.39 Å². The number of nitrogens with zero attached hydrogens (tertiary/aromatic N) is 3. The van der Waals surface area contributed by atoms with E-state index in [4.69, 9.17) is 9.15 Å². The minimum absolute atomic E-state index is 0.00785. The van der Waals surface area contributed by atoms with Crippen molar-refractivity contribution in [1.82, 2.24) is 14.8 Å². The highest BCUT2D eigenvalue weighted by molar-refractivity contribution is 5.98. The van der Waals surface area contributed by atoms with Gasteiger partial charge in [0.25, 0.3) is 0 Å². The van der Waals surface area contributed by atoms with Crippen molar-refractivity contribution < 1.29 is 13.9 Å². The van der Waals surface area contributed by atoms with Crippen molar-refractivity contribution in [2.24, 2.45) is 0 Å². The molecule has 2 aromatic heterocycles. The van der Waals surface area contributed by atoms with Gasteiger partial charge >= 0.3 is 0 Å². The van der Waals surface area contributed by atoms with Crippen LogP contribution in [0.4, 0.5) is 0 Å². The Morgan fingerprint density at radius 2 is 2.00 bits per heavy atom. The quantitative estimate of drug-likeness (QED) is 0.649. The Kier molecular flexibility index (Phi) is 4.46. The summed E-state index contributed by atoms with van der Waals surface area (Å²) in [6.07, 6.45) is 1.28. The second kappa shape index (κ2) is 6.70. The normalized spacial score (nSPS) is 10.8. The lowest BCUT2D eigenvalue weighted by molar-refractivity contribution is 0.0921. The fourth-order valence-electron chi connectivity index (χ4n) is 2.79. The van der Waals surface area contributed by atoms with Gasteiger partial charge in [0.15, 0.2) is 6.61 Å². The molecule has 0 bridgehead atoms. The van der Waals surface area contributed by atoms with Crippen LogP contribution in [0.25, 0.3) is 11.5 Å². The van der Waals surface area contributed by atoms with Gasteiger partial charge in [-0.1, -0.05) is 0 Å². The van der Waals surface area contributed by atoms with E-state index in [1.807, 2.05) is 32.0 Å². The average molecular weight is 325 g/mol. The molecule has 2 heterocycles. The van der Waals surface area contributed by atoms with Gasteiger partial charge in [-0.3, -0.25) is 4.79 Å². The molecule has 0 aliphatic carbocycles. The number of hydrogen-bond donors (Lipinski definition) is 0. The van der Waals surface area contributed by atoms with Crippen molar-refractivity contribution in [3.8, 4) is 17.2 Å². The molecule has 0 saturated heterocycles. The summed E-state index contributed by atoms with van der Waals surface area (Å²) in [4.78, 5) is 12.4. The summed E-state index contributed by atoms with van der Waals surface area (Å²) in [5.74, 6) is 1.05. The van der Waals surface area contributed by atoms with Gasteiger partial charge < -0.3 is 13.7 Å². The summed E-state index contributed by atoms with van der Waals surface area (Å²) in [5, 5.41) is 7.49. The molecular formula is C18H19N3O3. The highest BCUT2D eigenvalue weighted by Crippen LogP contribution is 2.21. The fraction of sp³-hybridized carbons (Fsp3) is 0.278. The van der Waals surface area contributed by atoms with E-state index in [0.717, 1.165) is 29.1 Å². The van der Waals surface area contributed by atoms with Crippen molar-refractivity contribution in [2.75, 3.05) is 6.61 Å². The lowest BCUT2D eigenvalue weighted by atomic mass is 10.1. The van der Waals surface area contributed by atoms with E-state index in [9.17, 15) is 4.79 Å². The molecule has 6 heteroatoms. The molecule has 0 radical (unpaired) electrons. The monoisotopic (exact) mass is 325 g/mol. The maximum atomic E-state index is 12.4. The van der Waals surface area contributed by atoms with E-state index in [0.29, 0.717) is 11.6 Å². The van der Waals surface area contributed by atoms with Crippen LogP contribution in [0, 0.1) is 13.8 Å². The Bertz CT molecular complexity index is 833. The topological polar surface area (TPSA) is 70.2 Å². The predicted octanol–water partition coefficient (Wildman–Crippen LogP) is 3.44. The number of Topliss-reactive ketones (excluding diaryl/α,β-unsaturated/α-hetero) is 1. The first-order valence-corrected chi connectivity index (χ1v) is 7.79. The summed E-state index contributed by atoms with van der Waals surface area (Å²) in [6.45, 7) is 6.89. The van der Waals surface area contributed by atoms with Gasteiger partial charge in [-0.2, -0.15) is 0 Å². The average Bonchev–Trinajstić information content (AvgIpc) is 3.21. The van der Waals surface area contributed by atoms with Crippen LogP contribution < -0.4 is 4.74 Å². The third-order valence-corrected chi connectivity index (χ3v) is 4.02. The zero-order chi connectivity index (χ0) is 17.1. The number of carbonyl (C=O) groups excluding carboxylic acids is 1.